The van der Waals surface area contributed by atoms with E-state index in [-0.39, 0.29) is 0 Å². The molecule has 11 rings (SSSR count). The summed E-state index contributed by atoms with van der Waals surface area (Å²) in [6.07, 6.45) is 0. The Morgan fingerprint density at radius 2 is 0.625 bits per heavy atom. The van der Waals surface area contributed by atoms with Crippen molar-refractivity contribution in [3.05, 3.63) is 247 Å². The summed E-state index contributed by atoms with van der Waals surface area (Å²) < 4.78 is 0. The molecule has 0 atom stereocenters. The van der Waals surface area contributed by atoms with E-state index in [1.807, 2.05) is 0 Å². The zero-order valence-corrected chi connectivity index (χ0v) is 30.8. The van der Waals surface area contributed by atoms with Gasteiger partial charge in [-0.25, -0.2) is 0 Å². The zero-order valence-electron chi connectivity index (χ0n) is 30.8. The molecule has 262 valence electrons. The molecule has 9 aromatic carbocycles. The number of nitrogens with zero attached hydrogens (tertiary/aromatic N) is 1. The predicted molar refractivity (Wildman–Crippen MR) is 234 cm³/mol. The van der Waals surface area contributed by atoms with E-state index >= 15 is 0 Å². The van der Waals surface area contributed by atoms with E-state index in [1.165, 1.54) is 77.9 Å². The summed E-state index contributed by atoms with van der Waals surface area (Å²) in [5.74, 6) is 0. The minimum absolute atomic E-state index is 0.445. The van der Waals surface area contributed by atoms with E-state index in [1.54, 1.807) is 0 Å². The van der Waals surface area contributed by atoms with E-state index in [9.17, 15) is 0 Å². The number of rotatable bonds is 6. The summed E-state index contributed by atoms with van der Waals surface area (Å²) >= 11 is 0. The Balaban J connectivity index is 1.22. The topological polar surface area (TPSA) is 3.24 Å². The van der Waals surface area contributed by atoms with Crippen molar-refractivity contribution in [2.45, 2.75) is 5.41 Å². The van der Waals surface area contributed by atoms with Gasteiger partial charge in [-0.15, -0.1) is 0 Å². The van der Waals surface area contributed by atoms with Crippen LogP contribution in [0.3, 0.4) is 0 Å². The highest BCUT2D eigenvalue weighted by Crippen LogP contribution is 2.63. The van der Waals surface area contributed by atoms with Crippen molar-refractivity contribution in [1.82, 2.24) is 0 Å². The number of fused-ring (bicyclic) bond motifs is 10. The van der Waals surface area contributed by atoms with Gasteiger partial charge < -0.3 is 4.90 Å². The highest BCUT2D eigenvalue weighted by atomic mass is 15.1. The molecule has 2 aliphatic rings. The SMILES string of the molecule is c1ccc(-c2ccc(N(c3ccc4c(c3)C3(c5ccccc5-c5ccccc53)c3ccccc3-4)c3c(-c4ccccc4)cccc3-c3ccccc3)cc2)cc1. The maximum absolute atomic E-state index is 2.50. The van der Waals surface area contributed by atoms with E-state index in [0.29, 0.717) is 0 Å². The van der Waals surface area contributed by atoms with Crippen LogP contribution in [-0.2, 0) is 5.41 Å². The molecule has 1 nitrogen and oxygen atoms in total. The second-order valence-corrected chi connectivity index (χ2v) is 14.8. The van der Waals surface area contributed by atoms with Crippen molar-refractivity contribution in [1.29, 1.82) is 0 Å². The average molecular weight is 712 g/mol. The van der Waals surface area contributed by atoms with Crippen molar-refractivity contribution < 1.29 is 0 Å². The minimum atomic E-state index is -0.445. The molecule has 0 amide bonds. The number of hydrogen-bond donors (Lipinski definition) is 0. The van der Waals surface area contributed by atoms with Crippen LogP contribution >= 0.6 is 0 Å². The van der Waals surface area contributed by atoms with Gasteiger partial charge in [0.2, 0.25) is 0 Å². The summed E-state index contributed by atoms with van der Waals surface area (Å²) in [7, 11) is 0. The summed E-state index contributed by atoms with van der Waals surface area (Å²) in [4.78, 5) is 2.50. The van der Waals surface area contributed by atoms with Crippen LogP contribution in [0.1, 0.15) is 22.3 Å². The van der Waals surface area contributed by atoms with Crippen LogP contribution in [0, 0.1) is 0 Å². The fourth-order valence-electron chi connectivity index (χ4n) is 9.55. The van der Waals surface area contributed by atoms with Gasteiger partial charge in [0.15, 0.2) is 0 Å². The predicted octanol–water partition coefficient (Wildman–Crippen LogP) is 14.5. The van der Waals surface area contributed by atoms with Crippen molar-refractivity contribution in [2.24, 2.45) is 0 Å². The number of para-hydroxylation sites is 1. The molecule has 0 aliphatic heterocycles. The summed E-state index contributed by atoms with van der Waals surface area (Å²) in [5, 5.41) is 0. The first kappa shape index (κ1) is 32.2. The molecule has 2 aliphatic carbocycles. The molecule has 0 unspecified atom stereocenters. The van der Waals surface area contributed by atoms with Gasteiger partial charge >= 0.3 is 0 Å². The molecule has 1 spiro atoms. The van der Waals surface area contributed by atoms with Gasteiger partial charge in [-0.3, -0.25) is 0 Å². The first-order chi connectivity index (χ1) is 27.8. The maximum Gasteiger partial charge on any atom is 0.0726 e. The highest BCUT2D eigenvalue weighted by molar-refractivity contribution is 6.00. The van der Waals surface area contributed by atoms with Crippen LogP contribution in [0.4, 0.5) is 17.1 Å². The number of anilines is 3. The lowest BCUT2D eigenvalue weighted by Gasteiger charge is -2.33. The molecule has 0 fully saturated rings. The van der Waals surface area contributed by atoms with Crippen LogP contribution in [-0.4, -0.2) is 0 Å². The lowest BCUT2D eigenvalue weighted by Crippen LogP contribution is -2.26. The van der Waals surface area contributed by atoms with Gasteiger partial charge in [0.25, 0.3) is 0 Å². The summed E-state index contributed by atoms with van der Waals surface area (Å²) in [5.41, 5.74) is 20.6. The van der Waals surface area contributed by atoms with Crippen molar-refractivity contribution in [2.75, 3.05) is 4.90 Å². The van der Waals surface area contributed by atoms with Crippen LogP contribution in [0.5, 0.6) is 0 Å². The first-order valence-electron chi connectivity index (χ1n) is 19.4. The Morgan fingerprint density at radius 1 is 0.250 bits per heavy atom. The fraction of sp³-hybridized carbons (Fsp3) is 0.0182. The normalized spacial score (nSPS) is 12.8. The van der Waals surface area contributed by atoms with Crippen LogP contribution in [0.25, 0.3) is 55.6 Å². The molecule has 56 heavy (non-hydrogen) atoms. The fourth-order valence-corrected chi connectivity index (χ4v) is 9.55. The van der Waals surface area contributed by atoms with Gasteiger partial charge in [-0.2, -0.15) is 0 Å². The minimum Gasteiger partial charge on any atom is -0.309 e. The molecule has 0 saturated carbocycles. The molecule has 0 N–H and O–H groups in total. The first-order valence-corrected chi connectivity index (χ1v) is 19.4. The van der Waals surface area contributed by atoms with Crippen LogP contribution < -0.4 is 4.90 Å². The van der Waals surface area contributed by atoms with Gasteiger partial charge in [0.1, 0.15) is 0 Å². The number of hydrogen-bond acceptors (Lipinski definition) is 1. The number of benzene rings is 9. The Morgan fingerprint density at radius 3 is 1.12 bits per heavy atom. The molecule has 0 heterocycles. The van der Waals surface area contributed by atoms with Gasteiger partial charge in [-0.05, 0) is 91.0 Å². The molecule has 9 aromatic rings. The van der Waals surface area contributed by atoms with E-state index in [0.717, 1.165) is 17.1 Å². The Labute approximate surface area is 328 Å². The lowest BCUT2D eigenvalue weighted by molar-refractivity contribution is 0.793. The second kappa shape index (κ2) is 13.0. The van der Waals surface area contributed by atoms with E-state index in [2.05, 4.69) is 229 Å². The van der Waals surface area contributed by atoms with E-state index < -0.39 is 5.41 Å². The third-order valence-electron chi connectivity index (χ3n) is 11.9. The quantitative estimate of drug-likeness (QED) is 0.166. The van der Waals surface area contributed by atoms with Crippen LogP contribution in [0.15, 0.2) is 224 Å². The summed E-state index contributed by atoms with van der Waals surface area (Å²) in [6.45, 7) is 0. The molecule has 0 bridgehead atoms. The lowest BCUT2D eigenvalue weighted by atomic mass is 9.70. The Hall–Kier alpha value is -7.22. The largest absolute Gasteiger partial charge is 0.309 e. The molecular weight excluding hydrogens is 675 g/mol. The molecular formula is C55H37N. The van der Waals surface area contributed by atoms with Gasteiger partial charge in [-0.1, -0.05) is 200 Å². The third-order valence-corrected chi connectivity index (χ3v) is 11.9. The second-order valence-electron chi connectivity index (χ2n) is 14.8. The van der Waals surface area contributed by atoms with Gasteiger partial charge in [0.05, 0.1) is 11.1 Å². The zero-order chi connectivity index (χ0) is 37.1. The average Bonchev–Trinajstić information content (AvgIpc) is 3.75. The smallest absolute Gasteiger partial charge is 0.0726 e. The Bertz CT molecular complexity index is 2770. The molecule has 1 heteroatoms. The van der Waals surface area contributed by atoms with Crippen molar-refractivity contribution in [3.8, 4) is 55.6 Å². The highest BCUT2D eigenvalue weighted by Gasteiger charge is 2.51. The molecule has 0 aromatic heterocycles. The van der Waals surface area contributed by atoms with E-state index in [4.69, 9.17) is 0 Å². The maximum atomic E-state index is 2.50. The van der Waals surface area contributed by atoms with Crippen molar-refractivity contribution in [3.63, 3.8) is 0 Å². The van der Waals surface area contributed by atoms with Crippen LogP contribution in [0.2, 0.25) is 0 Å². The molecule has 0 saturated heterocycles. The van der Waals surface area contributed by atoms with Gasteiger partial charge in [0, 0.05) is 22.5 Å². The standard InChI is InChI=1S/C55H37N/c1-4-17-38(18-5-1)39-31-33-42(34-32-39)56(54-44(40-19-6-2-7-20-40)26-16-27-45(54)41-21-8-3-9-22-41)43-35-36-49-48-25-12-15-30-52(48)55(53(49)37-43)50-28-13-10-23-46(50)47-24-11-14-29-51(47)55/h1-37H. The monoisotopic (exact) mass is 711 g/mol. The Kier molecular flexibility index (Phi) is 7.47. The third kappa shape index (κ3) is 4.81. The molecule has 0 radical (unpaired) electrons. The van der Waals surface area contributed by atoms with Crippen molar-refractivity contribution >= 4 is 17.1 Å². The summed E-state index contributed by atoms with van der Waals surface area (Å²) in [6, 6.07) is 82.5.